The van der Waals surface area contributed by atoms with Crippen molar-refractivity contribution in [3.8, 4) is 0 Å². The van der Waals surface area contributed by atoms with Gasteiger partial charge in [-0.2, -0.15) is 0 Å². The van der Waals surface area contributed by atoms with E-state index in [0.717, 1.165) is 24.3 Å². The molecule has 120 valence electrons. The second kappa shape index (κ2) is 6.25. The van der Waals surface area contributed by atoms with Crippen molar-refractivity contribution < 1.29 is 9.53 Å². The van der Waals surface area contributed by atoms with Gasteiger partial charge in [-0.3, -0.25) is 4.79 Å². The van der Waals surface area contributed by atoms with Gasteiger partial charge in [0.15, 0.2) is 0 Å². The average molecular weight is 294 g/mol. The molecule has 4 rings (SSSR count). The van der Waals surface area contributed by atoms with Gasteiger partial charge in [-0.15, -0.1) is 0 Å². The molecule has 0 aliphatic heterocycles. The molecule has 4 bridgehead atoms. The summed E-state index contributed by atoms with van der Waals surface area (Å²) in [6.07, 6.45) is 8.40. The first-order valence-corrected chi connectivity index (χ1v) is 8.60. The maximum Gasteiger partial charge on any atom is 0.234 e. The lowest BCUT2D eigenvalue weighted by Gasteiger charge is -2.59. The normalized spacial score (nSPS) is 38.5. The zero-order valence-electron chi connectivity index (χ0n) is 13.5. The third-order valence-corrected chi connectivity index (χ3v) is 6.15. The first kappa shape index (κ1) is 15.3. The number of ether oxygens (including phenoxy) is 1. The zero-order valence-corrected chi connectivity index (χ0v) is 13.5. The van der Waals surface area contributed by atoms with Crippen LogP contribution in [-0.4, -0.2) is 38.8 Å². The SMILES string of the molecule is COCCNCC(=O)NC(C)C12CC3CC(CC(C3)C1)C2. The molecule has 4 nitrogen and oxygen atoms in total. The van der Waals surface area contributed by atoms with Crippen molar-refractivity contribution in [2.24, 2.45) is 23.2 Å². The molecule has 1 atom stereocenters. The molecule has 1 amide bonds. The highest BCUT2D eigenvalue weighted by Crippen LogP contribution is 2.61. The van der Waals surface area contributed by atoms with Gasteiger partial charge in [-0.25, -0.2) is 0 Å². The Morgan fingerprint density at radius 2 is 1.76 bits per heavy atom. The van der Waals surface area contributed by atoms with Gasteiger partial charge < -0.3 is 15.4 Å². The molecule has 21 heavy (non-hydrogen) atoms. The summed E-state index contributed by atoms with van der Waals surface area (Å²) in [7, 11) is 1.68. The Morgan fingerprint density at radius 3 is 2.29 bits per heavy atom. The molecule has 1 unspecified atom stereocenters. The molecule has 0 radical (unpaired) electrons. The van der Waals surface area contributed by atoms with Gasteiger partial charge in [0.05, 0.1) is 13.2 Å². The molecule has 4 aliphatic carbocycles. The fourth-order valence-electron chi connectivity index (χ4n) is 5.53. The topological polar surface area (TPSA) is 50.4 Å². The number of carbonyl (C=O) groups is 1. The molecule has 0 aromatic carbocycles. The van der Waals surface area contributed by atoms with E-state index in [9.17, 15) is 4.79 Å². The quantitative estimate of drug-likeness (QED) is 0.706. The number of hydrogen-bond donors (Lipinski definition) is 2. The number of hydrogen-bond acceptors (Lipinski definition) is 3. The number of carbonyl (C=O) groups excluding carboxylic acids is 1. The van der Waals surface area contributed by atoms with Crippen LogP contribution in [0.3, 0.4) is 0 Å². The number of nitrogens with one attached hydrogen (secondary N) is 2. The molecule has 0 heterocycles. The zero-order chi connectivity index (χ0) is 14.9. The summed E-state index contributed by atoms with van der Waals surface area (Å²) in [6.45, 7) is 4.02. The van der Waals surface area contributed by atoms with Gasteiger partial charge in [0.1, 0.15) is 0 Å². The highest BCUT2D eigenvalue weighted by molar-refractivity contribution is 5.78. The van der Waals surface area contributed by atoms with Gasteiger partial charge in [0, 0.05) is 19.7 Å². The predicted octanol–water partition coefficient (Wildman–Crippen LogP) is 1.94. The number of amides is 1. The summed E-state index contributed by atoms with van der Waals surface area (Å²) in [4.78, 5) is 12.1. The first-order valence-electron chi connectivity index (χ1n) is 8.60. The van der Waals surface area contributed by atoms with Crippen molar-refractivity contribution >= 4 is 5.91 Å². The van der Waals surface area contributed by atoms with Crippen LogP contribution in [-0.2, 0) is 9.53 Å². The molecule has 0 aromatic heterocycles. The summed E-state index contributed by atoms with van der Waals surface area (Å²) >= 11 is 0. The van der Waals surface area contributed by atoms with Crippen LogP contribution in [0.25, 0.3) is 0 Å². The van der Waals surface area contributed by atoms with Crippen molar-refractivity contribution in [3.63, 3.8) is 0 Å². The molecular formula is C17H30N2O2. The second-order valence-corrected chi connectivity index (χ2v) is 7.74. The average Bonchev–Trinajstić information content (AvgIpc) is 2.42. The fourth-order valence-corrected chi connectivity index (χ4v) is 5.53. The monoisotopic (exact) mass is 294 g/mol. The molecule has 4 aliphatic rings. The van der Waals surface area contributed by atoms with Gasteiger partial charge in [-0.1, -0.05) is 0 Å². The molecule has 4 fully saturated rings. The molecule has 0 aromatic rings. The number of methoxy groups -OCH3 is 1. The highest BCUT2D eigenvalue weighted by atomic mass is 16.5. The van der Waals surface area contributed by atoms with E-state index in [1.807, 2.05) is 0 Å². The lowest BCUT2D eigenvalue weighted by molar-refractivity contribution is -0.125. The largest absolute Gasteiger partial charge is 0.383 e. The van der Waals surface area contributed by atoms with Gasteiger partial charge in [0.2, 0.25) is 5.91 Å². The van der Waals surface area contributed by atoms with E-state index in [-0.39, 0.29) is 5.91 Å². The predicted molar refractivity (Wildman–Crippen MR) is 83.0 cm³/mol. The second-order valence-electron chi connectivity index (χ2n) is 7.74. The van der Waals surface area contributed by atoms with Crippen LogP contribution in [0.2, 0.25) is 0 Å². The minimum atomic E-state index is 0.134. The maximum absolute atomic E-state index is 12.1. The lowest BCUT2D eigenvalue weighted by Crippen LogP contribution is -2.56. The molecule has 2 N–H and O–H groups in total. The van der Waals surface area contributed by atoms with Crippen molar-refractivity contribution in [1.29, 1.82) is 0 Å². The third-order valence-electron chi connectivity index (χ3n) is 6.15. The third kappa shape index (κ3) is 3.26. The highest BCUT2D eigenvalue weighted by Gasteiger charge is 2.53. The number of rotatable bonds is 7. The summed E-state index contributed by atoms with van der Waals surface area (Å²) in [5, 5.41) is 6.40. The Balaban J connectivity index is 1.51. The minimum absolute atomic E-state index is 0.134. The van der Waals surface area contributed by atoms with E-state index in [2.05, 4.69) is 17.6 Å². The summed E-state index contributed by atoms with van der Waals surface area (Å²) in [6, 6.07) is 0.322. The maximum atomic E-state index is 12.1. The molecule has 4 heteroatoms. The minimum Gasteiger partial charge on any atom is -0.383 e. The van der Waals surface area contributed by atoms with E-state index in [1.54, 1.807) is 7.11 Å². The summed E-state index contributed by atoms with van der Waals surface area (Å²) < 4.78 is 4.98. The Bertz CT molecular complexity index is 348. The van der Waals surface area contributed by atoms with Crippen LogP contribution in [0.4, 0.5) is 0 Å². The van der Waals surface area contributed by atoms with E-state index >= 15 is 0 Å². The summed E-state index contributed by atoms with van der Waals surface area (Å²) in [5.74, 6) is 2.95. The van der Waals surface area contributed by atoms with Crippen LogP contribution >= 0.6 is 0 Å². The van der Waals surface area contributed by atoms with Gasteiger partial charge >= 0.3 is 0 Å². The van der Waals surface area contributed by atoms with E-state index < -0.39 is 0 Å². The Kier molecular flexibility index (Phi) is 4.55. The smallest absolute Gasteiger partial charge is 0.234 e. The molecular weight excluding hydrogens is 264 g/mol. The van der Waals surface area contributed by atoms with Crippen molar-refractivity contribution in [2.45, 2.75) is 51.5 Å². The van der Waals surface area contributed by atoms with E-state index in [1.165, 1.54) is 38.5 Å². The van der Waals surface area contributed by atoms with Crippen molar-refractivity contribution in [3.05, 3.63) is 0 Å². The molecule has 0 spiro atoms. The van der Waals surface area contributed by atoms with Crippen molar-refractivity contribution in [1.82, 2.24) is 10.6 Å². The van der Waals surface area contributed by atoms with Crippen LogP contribution in [0.1, 0.15) is 45.4 Å². The Morgan fingerprint density at radius 1 is 1.19 bits per heavy atom. The summed E-state index contributed by atoms with van der Waals surface area (Å²) in [5.41, 5.74) is 0.400. The van der Waals surface area contributed by atoms with Crippen LogP contribution in [0.5, 0.6) is 0 Å². The fraction of sp³-hybridized carbons (Fsp3) is 0.941. The Labute approximate surface area is 128 Å². The molecule has 0 saturated heterocycles. The Hall–Kier alpha value is -0.610. The molecule has 4 saturated carbocycles. The van der Waals surface area contributed by atoms with Crippen LogP contribution in [0.15, 0.2) is 0 Å². The van der Waals surface area contributed by atoms with Crippen molar-refractivity contribution in [2.75, 3.05) is 26.8 Å². The van der Waals surface area contributed by atoms with Crippen LogP contribution < -0.4 is 10.6 Å². The lowest BCUT2D eigenvalue weighted by atomic mass is 9.48. The van der Waals surface area contributed by atoms with Gasteiger partial charge in [-0.05, 0) is 68.6 Å². The van der Waals surface area contributed by atoms with Gasteiger partial charge in [0.25, 0.3) is 0 Å². The van der Waals surface area contributed by atoms with Crippen LogP contribution in [0, 0.1) is 23.2 Å². The van der Waals surface area contributed by atoms with E-state index in [0.29, 0.717) is 24.6 Å². The van der Waals surface area contributed by atoms with E-state index in [4.69, 9.17) is 4.74 Å². The standard InChI is InChI=1S/C17H30N2O2/c1-12(19-16(20)11-18-3-4-21-2)17-8-13-5-14(9-17)7-15(6-13)10-17/h12-15,18H,3-11H2,1-2H3,(H,19,20). The first-order chi connectivity index (χ1) is 10.1.